The van der Waals surface area contributed by atoms with Crippen LogP contribution < -0.4 is 9.79 Å². The first-order valence-corrected chi connectivity index (χ1v) is 6.40. The van der Waals surface area contributed by atoms with Gasteiger partial charge in [-0.15, -0.1) is 0 Å². The van der Waals surface area contributed by atoms with Gasteiger partial charge in [-0.05, 0) is 14.7 Å². The smallest absolute Gasteiger partial charge is 0.543 e. The SMILES string of the molecule is O=[P+]([O-])O[P+](=O)[O-].OC(Cl)c1ccccc1.[Ag]. The molecule has 1 aromatic carbocycles. The van der Waals surface area contributed by atoms with Crippen molar-refractivity contribution in [1.82, 2.24) is 0 Å². The van der Waals surface area contributed by atoms with Crippen molar-refractivity contribution < 1.29 is 50.7 Å². The Bertz CT molecular complexity index is 337. The Morgan fingerprint density at radius 3 is 1.76 bits per heavy atom. The van der Waals surface area contributed by atoms with E-state index in [1.54, 1.807) is 12.1 Å². The van der Waals surface area contributed by atoms with Gasteiger partial charge in [-0.1, -0.05) is 41.9 Å². The molecule has 6 nitrogen and oxygen atoms in total. The molecule has 0 spiro atoms. The van der Waals surface area contributed by atoms with Gasteiger partial charge in [0.05, 0.1) is 0 Å². The Hall–Kier alpha value is 0.290. The van der Waals surface area contributed by atoms with E-state index in [0.717, 1.165) is 5.56 Å². The first-order chi connectivity index (χ1) is 7.43. The summed E-state index contributed by atoms with van der Waals surface area (Å²) in [6.45, 7) is 0. The zero-order valence-electron chi connectivity index (χ0n) is 8.03. The minimum Gasteiger partial charge on any atom is -0.563 e. The van der Waals surface area contributed by atoms with Crippen LogP contribution in [0.4, 0.5) is 0 Å². The number of rotatable bonds is 3. The molecule has 99 valence electrons. The van der Waals surface area contributed by atoms with Crippen LogP contribution in [0, 0.1) is 0 Å². The van der Waals surface area contributed by atoms with Crippen molar-refractivity contribution in [3.05, 3.63) is 35.9 Å². The third-order valence-electron chi connectivity index (χ3n) is 1.21. The normalized spacial score (nSPS) is 12.5. The van der Waals surface area contributed by atoms with Gasteiger partial charge in [-0.2, -0.15) is 0 Å². The summed E-state index contributed by atoms with van der Waals surface area (Å²) in [7, 11) is -6.47. The zero-order valence-corrected chi connectivity index (χ0v) is 12.1. The predicted octanol–water partition coefficient (Wildman–Crippen LogP) is 0.952. The van der Waals surface area contributed by atoms with Crippen LogP contribution in [-0.4, -0.2) is 5.11 Å². The summed E-state index contributed by atoms with van der Waals surface area (Å²) in [5, 5.41) is 8.79. The van der Waals surface area contributed by atoms with E-state index in [2.05, 4.69) is 4.31 Å². The molecule has 1 rings (SSSR count). The molecule has 0 aliphatic carbocycles. The van der Waals surface area contributed by atoms with E-state index < -0.39 is 22.1 Å². The molecule has 0 saturated carbocycles. The summed E-state index contributed by atoms with van der Waals surface area (Å²) in [4.78, 5) is 18.5. The molecule has 0 fully saturated rings. The Balaban J connectivity index is 0. The minimum atomic E-state index is -3.24. The van der Waals surface area contributed by atoms with Gasteiger partial charge in [-0.3, -0.25) is 0 Å². The summed E-state index contributed by atoms with van der Waals surface area (Å²) >= 11 is 5.36. The molecule has 3 unspecified atom stereocenters. The van der Waals surface area contributed by atoms with Crippen LogP contribution in [0.25, 0.3) is 0 Å². The average Bonchev–Trinajstić information content (AvgIpc) is 2.17. The van der Waals surface area contributed by atoms with Crippen LogP contribution in [0.3, 0.4) is 0 Å². The standard InChI is InChI=1S/C7H7ClO.Ag.O5P2/c8-7(9)6-4-2-1-3-5-6;;1-6(2)5-7(3)4/h1-5,7,9H;;. The van der Waals surface area contributed by atoms with Gasteiger partial charge in [-0.25, -0.2) is 0 Å². The quantitative estimate of drug-likeness (QED) is 0.466. The molecule has 0 saturated heterocycles. The fourth-order valence-corrected chi connectivity index (χ4v) is 1.25. The van der Waals surface area contributed by atoms with Gasteiger partial charge >= 0.3 is 16.5 Å². The maximum atomic E-state index is 9.24. The number of halogens is 1. The summed E-state index contributed by atoms with van der Waals surface area (Å²) in [6, 6.07) is 9.10. The maximum Gasteiger partial charge on any atom is 0.543 e. The average molecular weight is 392 g/mol. The van der Waals surface area contributed by atoms with Crippen LogP contribution >= 0.6 is 28.1 Å². The molecule has 10 heteroatoms. The van der Waals surface area contributed by atoms with Gasteiger partial charge in [0.25, 0.3) is 0 Å². The maximum absolute atomic E-state index is 9.24. The fourth-order valence-electron chi connectivity index (χ4n) is 0.666. The second kappa shape index (κ2) is 11.4. The second-order valence-corrected chi connectivity index (χ2v) is 4.24. The molecule has 0 heterocycles. The van der Waals surface area contributed by atoms with Crippen molar-refractivity contribution in [2.24, 2.45) is 0 Å². The van der Waals surface area contributed by atoms with Gasteiger partial charge in [0, 0.05) is 22.4 Å². The predicted molar refractivity (Wildman–Crippen MR) is 53.6 cm³/mol. The molecule has 1 radical (unpaired) electrons. The van der Waals surface area contributed by atoms with Crippen molar-refractivity contribution >= 4 is 28.1 Å². The van der Waals surface area contributed by atoms with E-state index in [1.165, 1.54) is 0 Å². The first kappa shape index (κ1) is 19.6. The van der Waals surface area contributed by atoms with Crippen molar-refractivity contribution in [3.63, 3.8) is 0 Å². The molecule has 1 N–H and O–H groups in total. The molecule has 3 atom stereocenters. The fraction of sp³-hybridized carbons (Fsp3) is 0.143. The van der Waals surface area contributed by atoms with Crippen LogP contribution in [0.1, 0.15) is 11.1 Å². The van der Waals surface area contributed by atoms with Gasteiger partial charge in [0.2, 0.25) is 0 Å². The van der Waals surface area contributed by atoms with E-state index >= 15 is 0 Å². The van der Waals surface area contributed by atoms with E-state index in [-0.39, 0.29) is 22.4 Å². The number of aliphatic hydroxyl groups excluding tert-OH is 1. The van der Waals surface area contributed by atoms with Gasteiger partial charge in [0.15, 0.2) is 5.56 Å². The third kappa shape index (κ3) is 12.5. The molecular weight excluding hydrogens is 385 g/mol. The topological polar surface area (TPSA) is 110 Å². The van der Waals surface area contributed by atoms with Crippen LogP contribution in [0.2, 0.25) is 0 Å². The van der Waals surface area contributed by atoms with Crippen molar-refractivity contribution in [2.45, 2.75) is 5.56 Å². The van der Waals surface area contributed by atoms with Crippen LogP contribution in [0.5, 0.6) is 0 Å². The number of hydrogen-bond donors (Lipinski definition) is 1. The molecule has 1 aromatic rings. The number of benzene rings is 1. The molecule has 0 amide bonds. The van der Waals surface area contributed by atoms with E-state index in [9.17, 15) is 18.9 Å². The van der Waals surface area contributed by atoms with E-state index in [1.807, 2.05) is 18.2 Å². The molecule has 0 aromatic heterocycles. The summed E-state index contributed by atoms with van der Waals surface area (Å²) in [5.74, 6) is 0. The Morgan fingerprint density at radius 1 is 1.18 bits per heavy atom. The molecule has 17 heavy (non-hydrogen) atoms. The van der Waals surface area contributed by atoms with Gasteiger partial charge in [0.1, 0.15) is 4.31 Å². The first-order valence-electron chi connectivity index (χ1n) is 3.77. The third-order valence-corrected chi connectivity index (χ3v) is 2.53. The summed E-state index contributed by atoms with van der Waals surface area (Å²) < 4.78 is 21.6. The largest absolute Gasteiger partial charge is 0.563 e. The monoisotopic (exact) mass is 391 g/mol. The number of aliphatic hydroxyl groups is 1. The van der Waals surface area contributed by atoms with Crippen molar-refractivity contribution in [2.75, 3.05) is 0 Å². The molecule has 0 aliphatic rings. The summed E-state index contributed by atoms with van der Waals surface area (Å²) in [6.07, 6.45) is 0. The van der Waals surface area contributed by atoms with Gasteiger partial charge < -0.3 is 14.9 Å². The van der Waals surface area contributed by atoms with Crippen molar-refractivity contribution in [1.29, 1.82) is 0 Å². The number of hydrogen-bond acceptors (Lipinski definition) is 6. The Kier molecular flexibility index (Phi) is 13.1. The van der Waals surface area contributed by atoms with E-state index in [4.69, 9.17) is 16.7 Å². The number of alkyl halides is 1. The zero-order chi connectivity index (χ0) is 12.6. The molecule has 0 aliphatic heterocycles. The molecular formula is C7H7AgClO6P2. The van der Waals surface area contributed by atoms with Crippen LogP contribution in [-0.2, 0) is 35.8 Å². The van der Waals surface area contributed by atoms with Crippen LogP contribution in [0.15, 0.2) is 30.3 Å². The van der Waals surface area contributed by atoms with E-state index in [0.29, 0.717) is 0 Å². The second-order valence-electron chi connectivity index (χ2n) is 2.28. The minimum absolute atomic E-state index is 0. The summed E-state index contributed by atoms with van der Waals surface area (Å²) in [5.41, 5.74) is -0.134. The van der Waals surface area contributed by atoms with Crippen molar-refractivity contribution in [3.8, 4) is 0 Å². The molecule has 0 bridgehead atoms. The Morgan fingerprint density at radius 2 is 1.59 bits per heavy atom. The Labute approximate surface area is 120 Å².